The van der Waals surface area contributed by atoms with E-state index in [1.54, 1.807) is 0 Å². The van der Waals surface area contributed by atoms with Gasteiger partial charge in [0.05, 0.1) is 11.5 Å². The van der Waals surface area contributed by atoms with E-state index in [1.165, 1.54) is 0 Å². The van der Waals surface area contributed by atoms with Crippen molar-refractivity contribution in [1.29, 1.82) is 0 Å². The van der Waals surface area contributed by atoms with Gasteiger partial charge in [-0.25, -0.2) is 14.3 Å². The number of guanidine groups is 1. The molecule has 0 spiro atoms. The van der Waals surface area contributed by atoms with Crippen molar-refractivity contribution < 1.29 is 8.42 Å². The highest BCUT2D eigenvalue weighted by atomic mass is 32.2. The number of nitrogens with one attached hydrogen (secondary N) is 2. The molecule has 0 aromatic heterocycles. The first-order valence-electron chi connectivity index (χ1n) is 5.05. The fourth-order valence-electron chi connectivity index (χ4n) is 1.52. The highest BCUT2D eigenvalue weighted by molar-refractivity contribution is 7.91. The monoisotopic (exact) mass is 234 g/mol. The Morgan fingerprint density at radius 1 is 1.47 bits per heavy atom. The lowest BCUT2D eigenvalue weighted by molar-refractivity contribution is 0.515. The second kappa shape index (κ2) is 5.32. The molecule has 6 nitrogen and oxygen atoms in total. The maximum Gasteiger partial charge on any atom is 0.205 e. The van der Waals surface area contributed by atoms with Crippen molar-refractivity contribution in [2.24, 2.45) is 10.8 Å². The molecule has 0 aromatic rings. The van der Waals surface area contributed by atoms with Crippen molar-refractivity contribution in [2.45, 2.75) is 25.8 Å². The first-order chi connectivity index (χ1) is 7.07. The molecule has 1 heterocycles. The predicted molar refractivity (Wildman–Crippen MR) is 60.1 cm³/mol. The van der Waals surface area contributed by atoms with Crippen LogP contribution in [0.5, 0.6) is 0 Å². The van der Waals surface area contributed by atoms with E-state index in [-0.39, 0.29) is 17.5 Å². The van der Waals surface area contributed by atoms with Crippen LogP contribution < -0.4 is 16.6 Å². The molecule has 1 aliphatic heterocycles. The van der Waals surface area contributed by atoms with Gasteiger partial charge in [-0.1, -0.05) is 0 Å². The lowest BCUT2D eigenvalue weighted by atomic mass is 10.2. The van der Waals surface area contributed by atoms with E-state index in [2.05, 4.69) is 15.7 Å². The molecule has 15 heavy (non-hydrogen) atoms. The molecule has 0 bridgehead atoms. The maximum atomic E-state index is 11.2. The summed E-state index contributed by atoms with van der Waals surface area (Å²) in [5, 5.41) is 3.09. The third kappa shape index (κ3) is 4.05. The van der Waals surface area contributed by atoms with Crippen LogP contribution in [0.3, 0.4) is 0 Å². The summed E-state index contributed by atoms with van der Waals surface area (Å²) in [6.07, 6.45) is 1.24. The average molecular weight is 234 g/mol. The lowest BCUT2D eigenvalue weighted by Gasteiger charge is -2.24. The zero-order valence-electron chi connectivity index (χ0n) is 8.86. The summed E-state index contributed by atoms with van der Waals surface area (Å²) in [6, 6.07) is 0.148. The first kappa shape index (κ1) is 12.3. The molecule has 88 valence electrons. The summed E-state index contributed by atoms with van der Waals surface area (Å²) in [5.41, 5.74) is 2.46. The van der Waals surface area contributed by atoms with Crippen molar-refractivity contribution in [1.82, 2.24) is 10.7 Å². The van der Waals surface area contributed by atoms with Gasteiger partial charge in [0.2, 0.25) is 5.96 Å². The third-order valence-corrected chi connectivity index (χ3v) is 4.06. The van der Waals surface area contributed by atoms with E-state index in [0.717, 1.165) is 0 Å². The minimum Gasteiger partial charge on any atom is -0.353 e. The molecule has 0 unspecified atom stereocenters. The van der Waals surface area contributed by atoms with E-state index < -0.39 is 9.84 Å². The van der Waals surface area contributed by atoms with Gasteiger partial charge in [0, 0.05) is 12.6 Å². The van der Waals surface area contributed by atoms with Gasteiger partial charge in [-0.05, 0) is 19.8 Å². The smallest absolute Gasteiger partial charge is 0.205 e. The van der Waals surface area contributed by atoms with Gasteiger partial charge in [-0.2, -0.15) is 0 Å². The summed E-state index contributed by atoms with van der Waals surface area (Å²) >= 11 is 0. The van der Waals surface area contributed by atoms with E-state index in [1.807, 2.05) is 6.92 Å². The quantitative estimate of drug-likeness (QED) is 0.246. The van der Waals surface area contributed by atoms with Gasteiger partial charge in [0.25, 0.3) is 0 Å². The number of hydrogen-bond donors (Lipinski definition) is 3. The zero-order valence-corrected chi connectivity index (χ0v) is 9.68. The van der Waals surface area contributed by atoms with Gasteiger partial charge in [-0.15, -0.1) is 0 Å². The van der Waals surface area contributed by atoms with Crippen LogP contribution in [0.2, 0.25) is 0 Å². The average Bonchev–Trinajstić information content (AvgIpc) is 2.20. The minimum atomic E-state index is -2.80. The number of sulfone groups is 1. The van der Waals surface area contributed by atoms with Gasteiger partial charge in [0.15, 0.2) is 0 Å². The van der Waals surface area contributed by atoms with Gasteiger partial charge >= 0.3 is 0 Å². The summed E-state index contributed by atoms with van der Waals surface area (Å²) in [6.45, 7) is 2.54. The Labute approximate surface area is 90.2 Å². The largest absolute Gasteiger partial charge is 0.353 e. The van der Waals surface area contributed by atoms with Crippen LogP contribution in [0, 0.1) is 0 Å². The van der Waals surface area contributed by atoms with Gasteiger partial charge < -0.3 is 5.32 Å². The number of nitrogens with two attached hydrogens (primary N) is 1. The second-order valence-electron chi connectivity index (χ2n) is 3.54. The number of nitrogens with zero attached hydrogens (tertiary/aromatic N) is 1. The van der Waals surface area contributed by atoms with Crippen LogP contribution in [-0.2, 0) is 9.84 Å². The fourth-order valence-corrected chi connectivity index (χ4v) is 3.01. The number of aliphatic imine (C=N–C) groups is 1. The standard InChI is InChI=1S/C8H18N4O2S/c1-2-10-8(12-9)11-7-3-5-15(13,14)6-4-7/h7H,2-6,9H2,1H3,(H2,10,11,12). The van der Waals surface area contributed by atoms with E-state index in [4.69, 9.17) is 5.84 Å². The maximum absolute atomic E-state index is 11.2. The van der Waals surface area contributed by atoms with E-state index in [0.29, 0.717) is 25.3 Å². The Kier molecular flexibility index (Phi) is 4.34. The zero-order chi connectivity index (χ0) is 11.3. The van der Waals surface area contributed by atoms with Crippen molar-refractivity contribution in [3.63, 3.8) is 0 Å². The molecule has 1 aliphatic rings. The van der Waals surface area contributed by atoms with Crippen LogP contribution in [0.1, 0.15) is 19.8 Å². The molecule has 1 rings (SSSR count). The molecule has 7 heteroatoms. The fraction of sp³-hybridized carbons (Fsp3) is 0.875. The molecule has 0 aliphatic carbocycles. The molecule has 1 saturated heterocycles. The van der Waals surface area contributed by atoms with Crippen LogP contribution in [0.15, 0.2) is 4.99 Å². The second-order valence-corrected chi connectivity index (χ2v) is 5.84. The van der Waals surface area contributed by atoms with Crippen molar-refractivity contribution in [3.8, 4) is 0 Å². The Balaban J connectivity index is 2.44. The highest BCUT2D eigenvalue weighted by Gasteiger charge is 2.23. The van der Waals surface area contributed by atoms with E-state index in [9.17, 15) is 8.42 Å². The Hall–Kier alpha value is -0.820. The summed E-state index contributed by atoms with van der Waals surface area (Å²) < 4.78 is 22.4. The van der Waals surface area contributed by atoms with Crippen LogP contribution >= 0.6 is 0 Å². The molecule has 1 fully saturated rings. The molecule has 0 radical (unpaired) electrons. The molecule has 0 saturated carbocycles. The molecule has 0 atom stereocenters. The SMILES string of the molecule is CCN=C(NN)NC1CCS(=O)(=O)CC1. The summed E-state index contributed by atoms with van der Waals surface area (Å²) in [7, 11) is -2.80. The lowest BCUT2D eigenvalue weighted by Crippen LogP contribution is -2.48. The van der Waals surface area contributed by atoms with Gasteiger partial charge in [0.1, 0.15) is 9.84 Å². The number of rotatable bonds is 2. The van der Waals surface area contributed by atoms with Crippen LogP contribution in [0.25, 0.3) is 0 Å². The first-order valence-corrected chi connectivity index (χ1v) is 6.87. The van der Waals surface area contributed by atoms with E-state index >= 15 is 0 Å². The summed E-state index contributed by atoms with van der Waals surface area (Å²) in [4.78, 5) is 4.09. The van der Waals surface area contributed by atoms with Gasteiger partial charge in [-0.3, -0.25) is 10.4 Å². The third-order valence-electron chi connectivity index (χ3n) is 2.35. The van der Waals surface area contributed by atoms with Crippen molar-refractivity contribution in [2.75, 3.05) is 18.1 Å². The topological polar surface area (TPSA) is 96.6 Å². The van der Waals surface area contributed by atoms with Crippen molar-refractivity contribution >= 4 is 15.8 Å². The number of hydrazine groups is 1. The molecular weight excluding hydrogens is 216 g/mol. The number of hydrogen-bond acceptors (Lipinski definition) is 4. The Morgan fingerprint density at radius 3 is 2.53 bits per heavy atom. The molecule has 0 amide bonds. The van der Waals surface area contributed by atoms with Crippen LogP contribution in [0.4, 0.5) is 0 Å². The summed E-state index contributed by atoms with van der Waals surface area (Å²) in [5.74, 6) is 6.29. The predicted octanol–water partition coefficient (Wildman–Crippen LogP) is -1.01. The Bertz CT molecular complexity index is 312. The highest BCUT2D eigenvalue weighted by Crippen LogP contribution is 2.11. The van der Waals surface area contributed by atoms with Crippen molar-refractivity contribution in [3.05, 3.63) is 0 Å². The minimum absolute atomic E-state index is 0.148. The Morgan fingerprint density at radius 2 is 2.07 bits per heavy atom. The van der Waals surface area contributed by atoms with Crippen LogP contribution in [-0.4, -0.2) is 38.5 Å². The molecular formula is C8H18N4O2S. The molecule has 0 aromatic carbocycles. The molecule has 4 N–H and O–H groups in total. The normalized spacial score (nSPS) is 22.4.